The third kappa shape index (κ3) is 2.44. The van der Waals surface area contributed by atoms with Crippen molar-refractivity contribution in [2.75, 3.05) is 0 Å². The second-order valence-corrected chi connectivity index (χ2v) is 6.34. The van der Waals surface area contributed by atoms with Gasteiger partial charge in [0.25, 0.3) is 5.60 Å². The second-order valence-electron chi connectivity index (χ2n) is 6.34. The van der Waals surface area contributed by atoms with E-state index in [4.69, 9.17) is 0 Å². The van der Waals surface area contributed by atoms with E-state index < -0.39 is 53.7 Å². The highest BCUT2D eigenvalue weighted by atomic mass is 19.4. The maximum absolute atomic E-state index is 13.3. The Hall–Kier alpha value is -0.930. The lowest BCUT2D eigenvalue weighted by molar-refractivity contribution is -0.377. The van der Waals surface area contributed by atoms with Gasteiger partial charge in [0.15, 0.2) is 0 Å². The van der Waals surface area contributed by atoms with Gasteiger partial charge in [0.05, 0.1) is 5.41 Å². The maximum Gasteiger partial charge on any atom is 0.426 e. The molecule has 1 fully saturated rings. The van der Waals surface area contributed by atoms with Gasteiger partial charge >= 0.3 is 18.5 Å². The first-order chi connectivity index (χ1) is 10.1. The van der Waals surface area contributed by atoms with Crippen molar-refractivity contribution < 1.29 is 44.6 Å². The highest BCUT2D eigenvalue weighted by molar-refractivity contribution is 5.21. The Morgan fingerprint density at radius 2 is 1.43 bits per heavy atom. The molecule has 1 nitrogen and oxygen atoms in total. The van der Waals surface area contributed by atoms with Crippen LogP contribution in [0, 0.1) is 23.2 Å². The van der Waals surface area contributed by atoms with Crippen LogP contribution >= 0.6 is 0 Å². The normalized spacial score (nSPS) is 35.2. The fourth-order valence-electron chi connectivity index (χ4n) is 3.68. The summed E-state index contributed by atoms with van der Waals surface area (Å²) in [7, 11) is 0. The molecule has 0 heterocycles. The molecular formula is C13H13F9O. The zero-order valence-corrected chi connectivity index (χ0v) is 11.6. The summed E-state index contributed by atoms with van der Waals surface area (Å²) in [6.45, 7) is 0.624. The Labute approximate surface area is 125 Å². The van der Waals surface area contributed by atoms with Crippen LogP contribution in [0.15, 0.2) is 12.2 Å². The summed E-state index contributed by atoms with van der Waals surface area (Å²) in [5.74, 6) is -4.28. The lowest BCUT2D eigenvalue weighted by atomic mass is 9.65. The number of hydrogen-bond donors (Lipinski definition) is 1. The number of aliphatic hydroxyl groups is 1. The van der Waals surface area contributed by atoms with Gasteiger partial charge in [-0.3, -0.25) is 0 Å². The van der Waals surface area contributed by atoms with E-state index in [2.05, 4.69) is 0 Å². The van der Waals surface area contributed by atoms with E-state index in [-0.39, 0.29) is 6.42 Å². The molecule has 0 aliphatic heterocycles. The predicted molar refractivity (Wildman–Crippen MR) is 60.1 cm³/mol. The molecule has 23 heavy (non-hydrogen) atoms. The van der Waals surface area contributed by atoms with E-state index in [1.165, 1.54) is 12.2 Å². The smallest absolute Gasteiger partial charge is 0.374 e. The first-order valence-corrected chi connectivity index (χ1v) is 6.66. The van der Waals surface area contributed by atoms with Crippen LogP contribution in [0.3, 0.4) is 0 Å². The number of rotatable bonds is 2. The van der Waals surface area contributed by atoms with Crippen molar-refractivity contribution in [3.63, 3.8) is 0 Å². The van der Waals surface area contributed by atoms with Crippen molar-refractivity contribution in [1.82, 2.24) is 0 Å². The summed E-state index contributed by atoms with van der Waals surface area (Å²) in [4.78, 5) is 0. The van der Waals surface area contributed by atoms with Crippen LogP contribution in [0.25, 0.3) is 0 Å². The monoisotopic (exact) mass is 356 g/mol. The standard InChI is InChI=1S/C13H13F9O/c1-9(11(14,15)16)7-3-2-6(4-7)8(9)5-10(23,12(17,18)19)13(20,21)22/h2-3,6-8,23H,4-5H2,1H3. The first kappa shape index (κ1) is 18.4. The number of fused-ring (bicyclic) bond motifs is 2. The van der Waals surface area contributed by atoms with Crippen LogP contribution in [-0.4, -0.2) is 29.2 Å². The molecule has 0 aromatic heterocycles. The highest BCUT2D eigenvalue weighted by Crippen LogP contribution is 2.66. The first-order valence-electron chi connectivity index (χ1n) is 6.66. The van der Waals surface area contributed by atoms with Gasteiger partial charge in [0.2, 0.25) is 0 Å². The van der Waals surface area contributed by atoms with Gasteiger partial charge in [-0.15, -0.1) is 0 Å². The van der Waals surface area contributed by atoms with E-state index in [0.717, 1.165) is 0 Å². The van der Waals surface area contributed by atoms with E-state index in [1.54, 1.807) is 0 Å². The molecule has 134 valence electrons. The third-order valence-corrected chi connectivity index (χ3v) is 5.24. The minimum Gasteiger partial charge on any atom is -0.374 e. The fourth-order valence-corrected chi connectivity index (χ4v) is 3.68. The highest BCUT2D eigenvalue weighted by Gasteiger charge is 2.75. The zero-order valence-electron chi connectivity index (χ0n) is 11.6. The lowest BCUT2D eigenvalue weighted by Crippen LogP contribution is -2.60. The topological polar surface area (TPSA) is 20.2 Å². The van der Waals surface area contributed by atoms with Crippen molar-refractivity contribution >= 4 is 0 Å². The molecule has 10 heteroatoms. The van der Waals surface area contributed by atoms with E-state index in [9.17, 15) is 44.6 Å². The van der Waals surface area contributed by atoms with Crippen LogP contribution in [0.5, 0.6) is 0 Å². The summed E-state index contributed by atoms with van der Waals surface area (Å²) < 4.78 is 117. The molecule has 2 aliphatic rings. The average molecular weight is 356 g/mol. The molecule has 0 aromatic rings. The minimum absolute atomic E-state index is 0.174. The summed E-state index contributed by atoms with van der Waals surface area (Å²) >= 11 is 0. The summed E-state index contributed by atoms with van der Waals surface area (Å²) in [5.41, 5.74) is -7.91. The van der Waals surface area contributed by atoms with Gasteiger partial charge in [-0.2, -0.15) is 39.5 Å². The molecular weight excluding hydrogens is 343 g/mol. The van der Waals surface area contributed by atoms with Crippen LogP contribution < -0.4 is 0 Å². The number of allylic oxidation sites excluding steroid dienone is 2. The number of halogens is 9. The molecule has 0 radical (unpaired) electrons. The van der Waals surface area contributed by atoms with Gasteiger partial charge in [-0.1, -0.05) is 19.1 Å². The molecule has 1 N–H and O–H groups in total. The van der Waals surface area contributed by atoms with Gasteiger partial charge in [-0.05, 0) is 30.6 Å². The molecule has 4 unspecified atom stereocenters. The summed E-state index contributed by atoms with van der Waals surface area (Å²) in [5, 5.41) is 9.23. The Balaban J connectivity index is 2.46. The predicted octanol–water partition coefficient (Wildman–Crippen LogP) is 4.62. The van der Waals surface area contributed by atoms with Gasteiger partial charge in [0.1, 0.15) is 0 Å². The third-order valence-electron chi connectivity index (χ3n) is 5.24. The van der Waals surface area contributed by atoms with E-state index >= 15 is 0 Å². The average Bonchev–Trinajstić information content (AvgIpc) is 2.87. The van der Waals surface area contributed by atoms with Gasteiger partial charge in [0, 0.05) is 0 Å². The van der Waals surface area contributed by atoms with Crippen LogP contribution in [0.1, 0.15) is 19.8 Å². The number of alkyl halides is 9. The van der Waals surface area contributed by atoms with Crippen LogP contribution in [-0.2, 0) is 0 Å². The van der Waals surface area contributed by atoms with Crippen molar-refractivity contribution in [3.8, 4) is 0 Å². The molecule has 2 rings (SSSR count). The molecule has 0 spiro atoms. The van der Waals surface area contributed by atoms with Crippen molar-refractivity contribution in [3.05, 3.63) is 12.2 Å². The summed E-state index contributed by atoms with van der Waals surface area (Å²) in [6, 6.07) is 0. The van der Waals surface area contributed by atoms with E-state index in [1.807, 2.05) is 0 Å². The second kappa shape index (κ2) is 4.80. The summed E-state index contributed by atoms with van der Waals surface area (Å²) in [6.07, 6.45) is -17.1. The van der Waals surface area contributed by atoms with Crippen molar-refractivity contribution in [2.45, 2.75) is 43.9 Å². The largest absolute Gasteiger partial charge is 0.426 e. The fraction of sp³-hybridized carbons (Fsp3) is 0.846. The molecule has 2 bridgehead atoms. The molecule has 1 saturated carbocycles. The Bertz CT molecular complexity index is 487. The minimum atomic E-state index is -6.12. The van der Waals surface area contributed by atoms with Gasteiger partial charge in [-0.25, -0.2) is 0 Å². The maximum atomic E-state index is 13.3. The molecule has 0 amide bonds. The number of hydrogen-bond acceptors (Lipinski definition) is 1. The Morgan fingerprint density at radius 1 is 0.957 bits per heavy atom. The van der Waals surface area contributed by atoms with Crippen LogP contribution in [0.4, 0.5) is 39.5 Å². The molecule has 0 saturated heterocycles. The van der Waals surface area contributed by atoms with E-state index in [0.29, 0.717) is 6.92 Å². The Kier molecular flexibility index (Phi) is 3.84. The lowest BCUT2D eigenvalue weighted by Gasteiger charge is -2.44. The van der Waals surface area contributed by atoms with Crippen molar-refractivity contribution in [2.24, 2.45) is 23.2 Å². The van der Waals surface area contributed by atoms with Gasteiger partial charge < -0.3 is 5.11 Å². The zero-order chi connectivity index (χ0) is 18.1. The van der Waals surface area contributed by atoms with Crippen molar-refractivity contribution in [1.29, 1.82) is 0 Å². The molecule has 0 aromatic carbocycles. The quantitative estimate of drug-likeness (QED) is 0.565. The molecule has 2 aliphatic carbocycles. The molecule has 4 atom stereocenters. The Morgan fingerprint density at radius 3 is 1.83 bits per heavy atom. The SMILES string of the molecule is CC1(C(F)(F)F)C2C=CC(C2)C1CC(O)(C(F)(F)F)C(F)(F)F. The van der Waals surface area contributed by atoms with Crippen LogP contribution in [0.2, 0.25) is 0 Å².